The fraction of sp³-hybridized carbons (Fsp3) is 0.350. The maximum Gasteiger partial charge on any atom is 0.309 e. The molecule has 0 atom stereocenters. The Morgan fingerprint density at radius 3 is 2.63 bits per heavy atom. The molecule has 1 fully saturated rings. The standard InChI is InChI=1S/C20H22FN3O5S/c1-14-4-5-16(11-18(14)21)23-19(25)13-29-20(26)15-6-9-24(10-7-15)30(27,28)17-3-2-8-22-12-17/h2-5,8,11-12,15H,6-7,9-10,13H2,1H3,(H,23,25). The van der Waals surface area contributed by atoms with E-state index >= 15 is 0 Å². The number of carbonyl (C=O) groups excluding carboxylic acids is 2. The van der Waals surface area contributed by atoms with Crippen LogP contribution in [0.5, 0.6) is 0 Å². The van der Waals surface area contributed by atoms with Crippen molar-refractivity contribution in [3.05, 3.63) is 54.1 Å². The summed E-state index contributed by atoms with van der Waals surface area (Å²) in [4.78, 5) is 28.1. The summed E-state index contributed by atoms with van der Waals surface area (Å²) in [6.45, 7) is 1.45. The number of piperidine rings is 1. The Bertz CT molecular complexity index is 1020. The van der Waals surface area contributed by atoms with Gasteiger partial charge in [0.25, 0.3) is 5.91 Å². The number of halogens is 1. The van der Waals surface area contributed by atoms with Gasteiger partial charge >= 0.3 is 5.97 Å². The molecule has 0 saturated carbocycles. The number of pyridine rings is 1. The van der Waals surface area contributed by atoms with E-state index in [-0.39, 0.29) is 23.7 Å². The van der Waals surface area contributed by atoms with E-state index in [0.717, 1.165) is 0 Å². The number of sulfonamides is 1. The number of aryl methyl sites for hydroxylation is 1. The molecule has 0 unspecified atom stereocenters. The summed E-state index contributed by atoms with van der Waals surface area (Å²) in [6, 6.07) is 7.29. The summed E-state index contributed by atoms with van der Waals surface area (Å²) in [5, 5.41) is 2.46. The molecule has 1 aliphatic rings. The number of anilines is 1. The van der Waals surface area contributed by atoms with Crippen LogP contribution in [0.25, 0.3) is 0 Å². The van der Waals surface area contributed by atoms with E-state index in [2.05, 4.69) is 10.3 Å². The van der Waals surface area contributed by atoms with Crippen molar-refractivity contribution in [3.8, 4) is 0 Å². The predicted molar refractivity (Wildman–Crippen MR) is 106 cm³/mol. The lowest BCUT2D eigenvalue weighted by Gasteiger charge is -2.29. The summed E-state index contributed by atoms with van der Waals surface area (Å²) in [5.41, 5.74) is 0.726. The molecule has 8 nitrogen and oxygen atoms in total. The van der Waals surface area contributed by atoms with Crippen LogP contribution in [0.3, 0.4) is 0 Å². The minimum Gasteiger partial charge on any atom is -0.455 e. The van der Waals surface area contributed by atoms with Crippen LogP contribution in [0.4, 0.5) is 10.1 Å². The monoisotopic (exact) mass is 435 g/mol. The Kier molecular flexibility index (Phi) is 6.78. The minimum atomic E-state index is -3.65. The third kappa shape index (κ3) is 5.19. The van der Waals surface area contributed by atoms with Crippen molar-refractivity contribution in [2.24, 2.45) is 5.92 Å². The minimum absolute atomic E-state index is 0.107. The SMILES string of the molecule is Cc1ccc(NC(=O)COC(=O)C2CCN(S(=O)(=O)c3cccnc3)CC2)cc1F. The summed E-state index contributed by atoms with van der Waals surface area (Å²) < 4.78 is 45.1. The van der Waals surface area contributed by atoms with Crippen LogP contribution in [0.15, 0.2) is 47.6 Å². The second-order valence-electron chi connectivity index (χ2n) is 6.99. The van der Waals surface area contributed by atoms with Crippen molar-refractivity contribution < 1.29 is 27.1 Å². The van der Waals surface area contributed by atoms with Crippen LogP contribution in [-0.4, -0.2) is 49.3 Å². The molecule has 1 aliphatic heterocycles. The maximum absolute atomic E-state index is 13.5. The summed E-state index contributed by atoms with van der Waals surface area (Å²) in [5.74, 6) is -2.07. The van der Waals surface area contributed by atoms with Gasteiger partial charge in [-0.1, -0.05) is 6.07 Å². The number of hydrogen-bond donors (Lipinski definition) is 1. The highest BCUT2D eigenvalue weighted by Gasteiger charge is 2.33. The van der Waals surface area contributed by atoms with Crippen molar-refractivity contribution in [3.63, 3.8) is 0 Å². The van der Waals surface area contributed by atoms with Gasteiger partial charge < -0.3 is 10.1 Å². The highest BCUT2D eigenvalue weighted by atomic mass is 32.2. The molecule has 1 amide bonds. The topological polar surface area (TPSA) is 106 Å². The first-order valence-corrected chi connectivity index (χ1v) is 10.8. The normalized spacial score (nSPS) is 15.5. The van der Waals surface area contributed by atoms with Crippen molar-refractivity contribution in [2.45, 2.75) is 24.7 Å². The molecule has 160 valence electrons. The number of carbonyl (C=O) groups is 2. The average Bonchev–Trinajstić information content (AvgIpc) is 2.75. The number of amides is 1. The number of nitrogens with one attached hydrogen (secondary N) is 1. The van der Waals surface area contributed by atoms with Gasteiger partial charge in [0.05, 0.1) is 5.92 Å². The highest BCUT2D eigenvalue weighted by Crippen LogP contribution is 2.24. The van der Waals surface area contributed by atoms with E-state index in [0.29, 0.717) is 18.4 Å². The summed E-state index contributed by atoms with van der Waals surface area (Å²) >= 11 is 0. The maximum atomic E-state index is 13.5. The Hall–Kier alpha value is -2.85. The molecule has 3 rings (SSSR count). The second-order valence-corrected chi connectivity index (χ2v) is 8.92. The highest BCUT2D eigenvalue weighted by molar-refractivity contribution is 7.89. The van der Waals surface area contributed by atoms with Crippen LogP contribution in [0.1, 0.15) is 18.4 Å². The molecular formula is C20H22FN3O5S. The van der Waals surface area contributed by atoms with E-state index in [9.17, 15) is 22.4 Å². The fourth-order valence-electron chi connectivity index (χ4n) is 3.10. The van der Waals surface area contributed by atoms with Gasteiger partial charge in [0.1, 0.15) is 10.7 Å². The van der Waals surface area contributed by atoms with Crippen LogP contribution in [0.2, 0.25) is 0 Å². The number of hydrogen-bond acceptors (Lipinski definition) is 6. The number of ether oxygens (including phenoxy) is 1. The zero-order valence-electron chi connectivity index (χ0n) is 16.4. The number of benzene rings is 1. The van der Waals surface area contributed by atoms with E-state index < -0.39 is 40.2 Å². The lowest BCUT2D eigenvalue weighted by molar-refractivity contribution is -0.152. The predicted octanol–water partition coefficient (Wildman–Crippen LogP) is 2.11. The zero-order valence-corrected chi connectivity index (χ0v) is 17.2. The molecular weight excluding hydrogens is 413 g/mol. The number of aromatic nitrogens is 1. The third-order valence-corrected chi connectivity index (χ3v) is 6.74. The first-order chi connectivity index (χ1) is 14.3. The first-order valence-electron chi connectivity index (χ1n) is 9.40. The molecule has 10 heteroatoms. The molecule has 0 aliphatic carbocycles. The third-order valence-electron chi connectivity index (χ3n) is 4.86. The molecule has 1 aromatic carbocycles. The van der Waals surface area contributed by atoms with Crippen LogP contribution in [-0.2, 0) is 24.3 Å². The van der Waals surface area contributed by atoms with Gasteiger partial charge in [0, 0.05) is 31.2 Å². The lowest BCUT2D eigenvalue weighted by atomic mass is 9.98. The molecule has 1 aromatic heterocycles. The second kappa shape index (κ2) is 9.31. The van der Waals surface area contributed by atoms with E-state index in [1.165, 1.54) is 34.9 Å². The smallest absolute Gasteiger partial charge is 0.309 e. The van der Waals surface area contributed by atoms with E-state index in [1.807, 2.05) is 0 Å². The van der Waals surface area contributed by atoms with Gasteiger partial charge in [0.2, 0.25) is 10.0 Å². The van der Waals surface area contributed by atoms with Crippen molar-refractivity contribution in [1.82, 2.24) is 9.29 Å². The molecule has 0 spiro atoms. The summed E-state index contributed by atoms with van der Waals surface area (Å²) in [7, 11) is -3.65. The Morgan fingerprint density at radius 1 is 1.27 bits per heavy atom. The summed E-state index contributed by atoms with van der Waals surface area (Å²) in [6.07, 6.45) is 3.37. The van der Waals surface area contributed by atoms with Crippen molar-refractivity contribution in [1.29, 1.82) is 0 Å². The Labute approximate surface area is 174 Å². The van der Waals surface area contributed by atoms with Crippen LogP contribution < -0.4 is 5.32 Å². The van der Waals surface area contributed by atoms with Crippen molar-refractivity contribution in [2.75, 3.05) is 25.0 Å². The molecule has 1 saturated heterocycles. The first kappa shape index (κ1) is 21.8. The fourth-order valence-corrected chi connectivity index (χ4v) is 4.54. The van der Waals surface area contributed by atoms with Gasteiger partial charge in [-0.25, -0.2) is 12.8 Å². The van der Waals surface area contributed by atoms with Gasteiger partial charge in [-0.2, -0.15) is 4.31 Å². The van der Waals surface area contributed by atoms with E-state index in [4.69, 9.17) is 4.74 Å². The molecule has 1 N–H and O–H groups in total. The Balaban J connectivity index is 1.47. The number of nitrogens with zero attached hydrogens (tertiary/aromatic N) is 2. The van der Waals surface area contributed by atoms with Crippen LogP contribution in [0, 0.1) is 18.7 Å². The molecule has 2 aromatic rings. The zero-order chi connectivity index (χ0) is 21.7. The molecule has 30 heavy (non-hydrogen) atoms. The number of esters is 1. The molecule has 0 bridgehead atoms. The van der Waals surface area contributed by atoms with Crippen LogP contribution >= 0.6 is 0 Å². The largest absolute Gasteiger partial charge is 0.455 e. The number of rotatable bonds is 6. The van der Waals surface area contributed by atoms with Crippen molar-refractivity contribution >= 4 is 27.6 Å². The quantitative estimate of drug-likeness (QED) is 0.697. The van der Waals surface area contributed by atoms with Gasteiger partial charge in [-0.15, -0.1) is 0 Å². The molecule has 2 heterocycles. The van der Waals surface area contributed by atoms with Gasteiger partial charge in [0.15, 0.2) is 6.61 Å². The van der Waals surface area contributed by atoms with Gasteiger partial charge in [-0.3, -0.25) is 14.6 Å². The lowest BCUT2D eigenvalue weighted by Crippen LogP contribution is -2.40. The average molecular weight is 435 g/mol. The van der Waals surface area contributed by atoms with E-state index in [1.54, 1.807) is 19.1 Å². The Morgan fingerprint density at radius 2 is 2.00 bits per heavy atom. The van der Waals surface area contributed by atoms with Gasteiger partial charge in [-0.05, 0) is 49.6 Å². The molecule has 0 radical (unpaired) electrons.